The van der Waals surface area contributed by atoms with Crippen LogP contribution < -0.4 is 0 Å². The molecule has 76 valence electrons. The van der Waals surface area contributed by atoms with E-state index in [2.05, 4.69) is 13.0 Å². The topological polar surface area (TPSA) is 20.2 Å². The first-order valence-corrected chi connectivity index (χ1v) is 5.50. The highest BCUT2D eigenvalue weighted by molar-refractivity contribution is 6.30. The molecule has 0 heterocycles. The molecule has 1 aromatic carbocycles. The number of rotatable bonds is 3. The Kier molecular flexibility index (Phi) is 2.54. The molecule has 1 N–H and O–H groups in total. The van der Waals surface area contributed by atoms with E-state index in [4.69, 9.17) is 11.6 Å². The Morgan fingerprint density at radius 1 is 1.29 bits per heavy atom. The lowest BCUT2D eigenvalue weighted by atomic mass is 10.0. The third kappa shape index (κ3) is 2.28. The highest BCUT2D eigenvalue weighted by Gasteiger charge is 2.40. The molecule has 1 aliphatic carbocycles. The van der Waals surface area contributed by atoms with Gasteiger partial charge in [-0.2, -0.15) is 0 Å². The maximum absolute atomic E-state index is 9.79. The number of aliphatic hydroxyl groups is 1. The summed E-state index contributed by atoms with van der Waals surface area (Å²) in [7, 11) is 0. The molecule has 0 spiro atoms. The summed E-state index contributed by atoms with van der Waals surface area (Å²) >= 11 is 6.00. The number of hydrogen-bond donors (Lipinski definition) is 1. The largest absolute Gasteiger partial charge is 0.390 e. The lowest BCUT2D eigenvalue weighted by Crippen LogP contribution is -2.10. The lowest BCUT2D eigenvalue weighted by molar-refractivity contribution is 0.151. The van der Waals surface area contributed by atoms with Crippen LogP contribution in [0.25, 0.3) is 0 Å². The predicted octanol–water partition coefficient (Wildman–Crippen LogP) is 2.97. The van der Waals surface area contributed by atoms with Gasteiger partial charge >= 0.3 is 0 Å². The van der Waals surface area contributed by atoms with E-state index in [1.165, 1.54) is 5.56 Å². The van der Waals surface area contributed by atoms with Crippen LogP contribution in [0.15, 0.2) is 18.2 Å². The second-order valence-corrected chi connectivity index (χ2v) is 4.66. The van der Waals surface area contributed by atoms with E-state index in [0.717, 1.165) is 36.3 Å². The fourth-order valence-corrected chi connectivity index (χ4v) is 2.00. The zero-order valence-corrected chi connectivity index (χ0v) is 9.14. The zero-order chi connectivity index (χ0) is 10.2. The van der Waals surface area contributed by atoms with Crippen molar-refractivity contribution in [1.82, 2.24) is 0 Å². The Morgan fingerprint density at radius 2 is 1.93 bits per heavy atom. The summed E-state index contributed by atoms with van der Waals surface area (Å²) in [6.45, 7) is 2.11. The summed E-state index contributed by atoms with van der Waals surface area (Å²) in [4.78, 5) is 0. The number of aryl methyl sites for hydroxylation is 1. The molecule has 14 heavy (non-hydrogen) atoms. The minimum absolute atomic E-state index is 0.421. The molecule has 0 aliphatic heterocycles. The minimum Gasteiger partial charge on any atom is -0.390 e. The van der Waals surface area contributed by atoms with Crippen molar-refractivity contribution in [3.05, 3.63) is 34.3 Å². The Labute approximate surface area is 89.7 Å². The Hall–Kier alpha value is -0.530. The summed E-state index contributed by atoms with van der Waals surface area (Å²) in [5.74, 6) is 0. The molecule has 1 aliphatic rings. The van der Waals surface area contributed by atoms with Crippen molar-refractivity contribution in [3.8, 4) is 0 Å². The van der Waals surface area contributed by atoms with Crippen LogP contribution >= 0.6 is 11.6 Å². The number of benzene rings is 1. The third-order valence-corrected chi connectivity index (χ3v) is 3.00. The van der Waals surface area contributed by atoms with Gasteiger partial charge in [0.2, 0.25) is 0 Å². The molecule has 0 bridgehead atoms. The molecule has 0 radical (unpaired) electrons. The monoisotopic (exact) mass is 210 g/mol. The first-order valence-electron chi connectivity index (χ1n) is 5.12. The molecule has 2 rings (SSSR count). The smallest absolute Gasteiger partial charge is 0.0690 e. The van der Waals surface area contributed by atoms with E-state index in [0.29, 0.717) is 0 Å². The summed E-state index contributed by atoms with van der Waals surface area (Å²) in [5, 5.41) is 10.6. The molecule has 1 nitrogen and oxygen atoms in total. The molecular weight excluding hydrogens is 196 g/mol. The second kappa shape index (κ2) is 3.56. The van der Waals surface area contributed by atoms with Gasteiger partial charge in [0.15, 0.2) is 0 Å². The van der Waals surface area contributed by atoms with Crippen LogP contribution in [0, 0.1) is 0 Å². The Morgan fingerprint density at radius 3 is 2.50 bits per heavy atom. The predicted molar refractivity (Wildman–Crippen MR) is 58.7 cm³/mol. The van der Waals surface area contributed by atoms with Crippen molar-refractivity contribution in [1.29, 1.82) is 0 Å². The van der Waals surface area contributed by atoms with E-state index in [1.807, 2.05) is 12.1 Å². The first-order chi connectivity index (χ1) is 6.61. The molecule has 1 fully saturated rings. The summed E-state index contributed by atoms with van der Waals surface area (Å²) < 4.78 is 0. The maximum Gasteiger partial charge on any atom is 0.0690 e. The Balaban J connectivity index is 2.20. The van der Waals surface area contributed by atoms with E-state index in [-0.39, 0.29) is 0 Å². The van der Waals surface area contributed by atoms with E-state index < -0.39 is 5.60 Å². The number of halogens is 1. The van der Waals surface area contributed by atoms with Crippen LogP contribution in [0.3, 0.4) is 0 Å². The Bertz CT molecular complexity index is 342. The van der Waals surface area contributed by atoms with Gasteiger partial charge in [0.05, 0.1) is 5.60 Å². The highest BCUT2D eigenvalue weighted by Crippen LogP contribution is 2.38. The van der Waals surface area contributed by atoms with Crippen LogP contribution in [-0.2, 0) is 12.8 Å². The molecule has 2 heteroatoms. The number of hydrogen-bond acceptors (Lipinski definition) is 1. The molecule has 1 aromatic rings. The van der Waals surface area contributed by atoms with Gasteiger partial charge in [0.25, 0.3) is 0 Å². The lowest BCUT2D eigenvalue weighted by Gasteiger charge is -2.09. The normalized spacial score (nSPS) is 18.2. The standard InChI is InChI=1S/C12H15ClO/c1-2-9-5-10(7-11(13)6-9)8-12(14)3-4-12/h5-7,14H,2-4,8H2,1H3. The van der Waals surface area contributed by atoms with Gasteiger partial charge in [0.1, 0.15) is 0 Å². The van der Waals surface area contributed by atoms with Crippen LogP contribution in [0.4, 0.5) is 0 Å². The van der Waals surface area contributed by atoms with E-state index >= 15 is 0 Å². The molecule has 0 unspecified atom stereocenters. The summed E-state index contributed by atoms with van der Waals surface area (Å²) in [5.41, 5.74) is 1.99. The van der Waals surface area contributed by atoms with E-state index in [1.54, 1.807) is 0 Å². The zero-order valence-electron chi connectivity index (χ0n) is 8.39. The fourth-order valence-electron chi connectivity index (χ4n) is 1.72. The average Bonchev–Trinajstić information content (AvgIpc) is 2.82. The van der Waals surface area contributed by atoms with Gasteiger partial charge in [-0.3, -0.25) is 0 Å². The third-order valence-electron chi connectivity index (χ3n) is 2.79. The van der Waals surface area contributed by atoms with Crippen molar-refractivity contribution < 1.29 is 5.11 Å². The minimum atomic E-state index is -0.421. The molecule has 0 saturated heterocycles. The van der Waals surface area contributed by atoms with Crippen LogP contribution in [0.2, 0.25) is 5.02 Å². The molecule has 0 amide bonds. The van der Waals surface area contributed by atoms with Crippen molar-refractivity contribution in [2.75, 3.05) is 0 Å². The van der Waals surface area contributed by atoms with Gasteiger partial charge in [0, 0.05) is 11.4 Å². The highest BCUT2D eigenvalue weighted by atomic mass is 35.5. The van der Waals surface area contributed by atoms with Gasteiger partial charge < -0.3 is 5.11 Å². The maximum atomic E-state index is 9.79. The summed E-state index contributed by atoms with van der Waals surface area (Å²) in [6.07, 6.45) is 3.61. The summed E-state index contributed by atoms with van der Waals surface area (Å²) in [6, 6.07) is 6.08. The quantitative estimate of drug-likeness (QED) is 0.814. The van der Waals surface area contributed by atoms with Gasteiger partial charge in [-0.25, -0.2) is 0 Å². The molecular formula is C12H15ClO. The first kappa shape index (κ1) is 10.0. The second-order valence-electron chi connectivity index (χ2n) is 4.22. The fraction of sp³-hybridized carbons (Fsp3) is 0.500. The van der Waals surface area contributed by atoms with Crippen molar-refractivity contribution in [2.45, 2.75) is 38.2 Å². The molecule has 0 aromatic heterocycles. The van der Waals surface area contributed by atoms with Gasteiger partial charge in [-0.1, -0.05) is 24.6 Å². The van der Waals surface area contributed by atoms with Crippen molar-refractivity contribution >= 4 is 11.6 Å². The van der Waals surface area contributed by atoms with Gasteiger partial charge in [-0.15, -0.1) is 0 Å². The average molecular weight is 211 g/mol. The van der Waals surface area contributed by atoms with E-state index in [9.17, 15) is 5.11 Å². The van der Waals surface area contributed by atoms with Crippen LogP contribution in [-0.4, -0.2) is 10.7 Å². The van der Waals surface area contributed by atoms with Crippen molar-refractivity contribution in [3.63, 3.8) is 0 Å². The van der Waals surface area contributed by atoms with Crippen LogP contribution in [0.5, 0.6) is 0 Å². The SMILES string of the molecule is CCc1cc(Cl)cc(CC2(O)CC2)c1. The van der Waals surface area contributed by atoms with Crippen LogP contribution in [0.1, 0.15) is 30.9 Å². The molecule has 1 saturated carbocycles. The van der Waals surface area contributed by atoms with Crippen molar-refractivity contribution in [2.24, 2.45) is 0 Å². The molecule has 0 atom stereocenters. The van der Waals surface area contributed by atoms with Gasteiger partial charge in [-0.05, 0) is 42.5 Å².